The van der Waals surface area contributed by atoms with Crippen molar-refractivity contribution in [2.75, 3.05) is 6.54 Å². The van der Waals surface area contributed by atoms with Crippen molar-refractivity contribution >= 4 is 23.4 Å². The maximum absolute atomic E-state index is 5.81. The molecule has 0 aromatic carbocycles. The summed E-state index contributed by atoms with van der Waals surface area (Å²) in [5, 5.41) is 6.02. The molecule has 1 aromatic rings. The standard InChI is InChI=1S/C12H17ClN2S/c1-2-14-10-4-5-11(7-10)16-12-6-3-9(13)8-15-12/h3,6,8,10-11,14H,2,4-5,7H2,1H3. The molecule has 2 unspecified atom stereocenters. The second-order valence-corrected chi connectivity index (χ2v) is 5.88. The Labute approximate surface area is 106 Å². The zero-order valence-electron chi connectivity index (χ0n) is 9.45. The second kappa shape index (κ2) is 5.89. The number of nitrogens with zero attached hydrogens (tertiary/aromatic N) is 1. The highest BCUT2D eigenvalue weighted by atomic mass is 35.5. The van der Waals surface area contributed by atoms with Crippen LogP contribution in [0.1, 0.15) is 26.2 Å². The molecule has 2 rings (SSSR count). The van der Waals surface area contributed by atoms with Gasteiger partial charge in [0.1, 0.15) is 0 Å². The molecule has 0 amide bonds. The molecule has 0 saturated heterocycles. The molecule has 0 radical (unpaired) electrons. The van der Waals surface area contributed by atoms with Crippen LogP contribution in [0.2, 0.25) is 5.02 Å². The Kier molecular flexibility index (Phi) is 4.50. The fraction of sp³-hybridized carbons (Fsp3) is 0.583. The van der Waals surface area contributed by atoms with Gasteiger partial charge in [-0.05, 0) is 37.9 Å². The Morgan fingerprint density at radius 1 is 1.50 bits per heavy atom. The molecule has 1 aliphatic rings. The van der Waals surface area contributed by atoms with E-state index in [0.29, 0.717) is 16.3 Å². The Morgan fingerprint density at radius 3 is 3.06 bits per heavy atom. The lowest BCUT2D eigenvalue weighted by molar-refractivity contribution is 0.543. The summed E-state index contributed by atoms with van der Waals surface area (Å²) in [5.41, 5.74) is 0. The second-order valence-electron chi connectivity index (χ2n) is 4.12. The molecule has 0 aliphatic heterocycles. The summed E-state index contributed by atoms with van der Waals surface area (Å²) in [5.74, 6) is 0. The number of aromatic nitrogens is 1. The van der Waals surface area contributed by atoms with Crippen molar-refractivity contribution in [3.8, 4) is 0 Å². The number of rotatable bonds is 4. The predicted molar refractivity (Wildman–Crippen MR) is 70.2 cm³/mol. The van der Waals surface area contributed by atoms with Gasteiger partial charge >= 0.3 is 0 Å². The molecular formula is C12H17ClN2S. The third kappa shape index (κ3) is 3.37. The zero-order valence-corrected chi connectivity index (χ0v) is 11.0. The monoisotopic (exact) mass is 256 g/mol. The van der Waals surface area contributed by atoms with Gasteiger partial charge in [-0.1, -0.05) is 18.5 Å². The third-order valence-electron chi connectivity index (χ3n) is 2.86. The van der Waals surface area contributed by atoms with Crippen LogP contribution < -0.4 is 5.32 Å². The fourth-order valence-electron chi connectivity index (χ4n) is 2.12. The van der Waals surface area contributed by atoms with Crippen LogP contribution in [0.4, 0.5) is 0 Å². The normalized spacial score (nSPS) is 24.9. The molecule has 1 aromatic heterocycles. The zero-order chi connectivity index (χ0) is 11.4. The van der Waals surface area contributed by atoms with Crippen molar-refractivity contribution in [2.24, 2.45) is 0 Å². The van der Waals surface area contributed by atoms with Gasteiger partial charge in [-0.15, -0.1) is 11.8 Å². The number of hydrogen-bond acceptors (Lipinski definition) is 3. The highest BCUT2D eigenvalue weighted by Crippen LogP contribution is 2.34. The van der Waals surface area contributed by atoms with Gasteiger partial charge in [0.25, 0.3) is 0 Å². The van der Waals surface area contributed by atoms with Gasteiger partial charge in [0, 0.05) is 17.5 Å². The summed E-state index contributed by atoms with van der Waals surface area (Å²) in [6, 6.07) is 4.62. The fourth-order valence-corrected chi connectivity index (χ4v) is 3.42. The Hall–Kier alpha value is -0.250. The van der Waals surface area contributed by atoms with E-state index in [-0.39, 0.29) is 0 Å². The first kappa shape index (κ1) is 12.2. The lowest BCUT2D eigenvalue weighted by Gasteiger charge is -2.11. The van der Waals surface area contributed by atoms with E-state index in [9.17, 15) is 0 Å². The van der Waals surface area contributed by atoms with E-state index >= 15 is 0 Å². The smallest absolute Gasteiger partial charge is 0.0963 e. The van der Waals surface area contributed by atoms with Gasteiger partial charge in [0.15, 0.2) is 0 Å². The maximum Gasteiger partial charge on any atom is 0.0963 e. The van der Waals surface area contributed by atoms with Crippen molar-refractivity contribution < 1.29 is 0 Å². The lowest BCUT2D eigenvalue weighted by Crippen LogP contribution is -2.26. The van der Waals surface area contributed by atoms with Gasteiger partial charge < -0.3 is 5.32 Å². The molecule has 1 aliphatic carbocycles. The van der Waals surface area contributed by atoms with E-state index in [0.717, 1.165) is 11.6 Å². The van der Waals surface area contributed by atoms with Crippen molar-refractivity contribution in [2.45, 2.75) is 42.5 Å². The molecule has 16 heavy (non-hydrogen) atoms. The summed E-state index contributed by atoms with van der Waals surface area (Å²) in [6.45, 7) is 3.24. The van der Waals surface area contributed by atoms with E-state index in [1.165, 1.54) is 19.3 Å². The first-order valence-electron chi connectivity index (χ1n) is 5.79. The summed E-state index contributed by atoms with van der Waals surface area (Å²) >= 11 is 7.69. The Morgan fingerprint density at radius 2 is 2.38 bits per heavy atom. The predicted octanol–water partition coefficient (Wildman–Crippen LogP) is 3.36. The number of hydrogen-bond donors (Lipinski definition) is 1. The summed E-state index contributed by atoms with van der Waals surface area (Å²) < 4.78 is 0. The molecule has 0 bridgehead atoms. The molecule has 88 valence electrons. The van der Waals surface area contributed by atoms with Crippen molar-refractivity contribution in [3.05, 3.63) is 23.4 Å². The van der Waals surface area contributed by atoms with Crippen LogP contribution in [0.25, 0.3) is 0 Å². The van der Waals surface area contributed by atoms with Crippen LogP contribution in [-0.4, -0.2) is 22.8 Å². The number of nitrogens with one attached hydrogen (secondary N) is 1. The number of thioether (sulfide) groups is 1. The molecule has 4 heteroatoms. The largest absolute Gasteiger partial charge is 0.314 e. The first-order chi connectivity index (χ1) is 7.78. The van der Waals surface area contributed by atoms with Crippen LogP contribution >= 0.6 is 23.4 Å². The topological polar surface area (TPSA) is 24.9 Å². The van der Waals surface area contributed by atoms with E-state index < -0.39 is 0 Å². The van der Waals surface area contributed by atoms with Crippen LogP contribution in [0.3, 0.4) is 0 Å². The lowest BCUT2D eigenvalue weighted by atomic mass is 10.2. The third-order valence-corrected chi connectivity index (χ3v) is 4.33. The van der Waals surface area contributed by atoms with Crippen LogP contribution in [-0.2, 0) is 0 Å². The molecule has 1 heterocycles. The highest BCUT2D eigenvalue weighted by Gasteiger charge is 2.24. The quantitative estimate of drug-likeness (QED) is 0.894. The van der Waals surface area contributed by atoms with E-state index in [2.05, 4.69) is 17.2 Å². The number of pyridine rings is 1. The minimum absolute atomic E-state index is 0.704. The summed E-state index contributed by atoms with van der Waals surface area (Å²) in [7, 11) is 0. The van der Waals surface area contributed by atoms with Crippen molar-refractivity contribution in [1.82, 2.24) is 10.3 Å². The van der Waals surface area contributed by atoms with Crippen molar-refractivity contribution in [1.29, 1.82) is 0 Å². The molecule has 1 saturated carbocycles. The van der Waals surface area contributed by atoms with Crippen LogP contribution in [0, 0.1) is 0 Å². The molecule has 2 atom stereocenters. The molecule has 2 nitrogen and oxygen atoms in total. The minimum Gasteiger partial charge on any atom is -0.314 e. The number of halogens is 1. The van der Waals surface area contributed by atoms with E-state index in [1.54, 1.807) is 6.20 Å². The van der Waals surface area contributed by atoms with Gasteiger partial charge in [-0.2, -0.15) is 0 Å². The average Bonchev–Trinajstić information content (AvgIpc) is 2.70. The minimum atomic E-state index is 0.704. The molecule has 0 spiro atoms. The summed E-state index contributed by atoms with van der Waals surface area (Å²) in [6.07, 6.45) is 5.55. The first-order valence-corrected chi connectivity index (χ1v) is 7.05. The summed E-state index contributed by atoms with van der Waals surface area (Å²) in [4.78, 5) is 4.32. The van der Waals surface area contributed by atoms with Gasteiger partial charge in [0.05, 0.1) is 10.0 Å². The molecule has 1 N–H and O–H groups in total. The van der Waals surface area contributed by atoms with Crippen molar-refractivity contribution in [3.63, 3.8) is 0 Å². The average molecular weight is 257 g/mol. The van der Waals surface area contributed by atoms with Gasteiger partial charge in [-0.25, -0.2) is 4.98 Å². The maximum atomic E-state index is 5.81. The molecular weight excluding hydrogens is 240 g/mol. The Balaban J connectivity index is 1.84. The van der Waals surface area contributed by atoms with E-state index in [4.69, 9.17) is 11.6 Å². The van der Waals surface area contributed by atoms with Crippen LogP contribution in [0.15, 0.2) is 23.4 Å². The SMILES string of the molecule is CCNC1CCC(Sc2ccc(Cl)cn2)C1. The van der Waals surface area contributed by atoms with Gasteiger partial charge in [-0.3, -0.25) is 0 Å². The Bertz CT molecular complexity index is 328. The van der Waals surface area contributed by atoms with E-state index in [1.807, 2.05) is 23.9 Å². The highest BCUT2D eigenvalue weighted by molar-refractivity contribution is 7.99. The van der Waals surface area contributed by atoms with Crippen LogP contribution in [0.5, 0.6) is 0 Å². The van der Waals surface area contributed by atoms with Gasteiger partial charge in [0.2, 0.25) is 0 Å². The molecule has 1 fully saturated rings.